The number of hydrogen-bond donors (Lipinski definition) is 0. The molecule has 0 saturated heterocycles. The zero-order valence-electron chi connectivity index (χ0n) is 9.30. The molecule has 0 aliphatic heterocycles. The topological polar surface area (TPSA) is 0 Å². The molecule has 0 bridgehead atoms. The van der Waals surface area contributed by atoms with Crippen LogP contribution in [0.25, 0.3) is 5.57 Å². The molecule has 0 saturated carbocycles. The highest BCUT2D eigenvalue weighted by Crippen LogP contribution is 2.18. The van der Waals surface area contributed by atoms with E-state index in [0.717, 1.165) is 12.0 Å². The Kier molecular flexibility index (Phi) is 3.70. The van der Waals surface area contributed by atoms with Crippen molar-refractivity contribution in [3.05, 3.63) is 53.6 Å². The molecule has 0 spiro atoms. The molecule has 0 atom stereocenters. The Balaban J connectivity index is 3.06. The van der Waals surface area contributed by atoms with Gasteiger partial charge >= 0.3 is 0 Å². The van der Waals surface area contributed by atoms with Crippen molar-refractivity contribution < 1.29 is 0 Å². The molecular weight excluding hydrogens is 168 g/mol. The van der Waals surface area contributed by atoms with Crippen LogP contribution in [-0.4, -0.2) is 0 Å². The van der Waals surface area contributed by atoms with Crippen molar-refractivity contribution in [3.8, 4) is 0 Å². The first-order valence-electron chi connectivity index (χ1n) is 5.10. The Bertz CT molecular complexity index is 356. The van der Waals surface area contributed by atoms with Gasteiger partial charge in [0.25, 0.3) is 0 Å². The second-order valence-corrected chi connectivity index (χ2v) is 3.52. The summed E-state index contributed by atoms with van der Waals surface area (Å²) in [7, 11) is 0. The van der Waals surface area contributed by atoms with Crippen LogP contribution in [0, 0.1) is 6.92 Å². The zero-order valence-corrected chi connectivity index (χ0v) is 9.30. The molecule has 0 amide bonds. The maximum absolute atomic E-state index is 4.03. The fourth-order valence-electron chi connectivity index (χ4n) is 1.55. The van der Waals surface area contributed by atoms with Crippen molar-refractivity contribution in [2.75, 3.05) is 0 Å². The van der Waals surface area contributed by atoms with Gasteiger partial charge in [0, 0.05) is 0 Å². The minimum Gasteiger partial charge on any atom is -0.0912 e. The molecule has 0 radical (unpaired) electrons. The average molecular weight is 186 g/mol. The molecule has 74 valence electrons. The fraction of sp³-hybridized carbons (Fsp3) is 0.286. The van der Waals surface area contributed by atoms with Crippen LogP contribution in [-0.2, 0) is 6.42 Å². The predicted molar refractivity (Wildman–Crippen MR) is 64.4 cm³/mol. The van der Waals surface area contributed by atoms with Crippen LogP contribution < -0.4 is 0 Å². The quantitative estimate of drug-likeness (QED) is 0.622. The number of benzene rings is 1. The molecule has 0 N–H and O–H groups in total. The Hall–Kier alpha value is -1.30. The molecule has 0 aromatic heterocycles. The van der Waals surface area contributed by atoms with E-state index in [1.54, 1.807) is 0 Å². The van der Waals surface area contributed by atoms with E-state index < -0.39 is 0 Å². The highest BCUT2D eigenvalue weighted by Gasteiger charge is 1.99. The standard InChI is InChI=1S/C14H18/c1-5-7-11(3)14-9-8-12(4)13(6-2)10-14/h5,7-10H,3,6H2,1-2,4H3/b7-5-. The summed E-state index contributed by atoms with van der Waals surface area (Å²) in [6.07, 6.45) is 5.15. The summed E-state index contributed by atoms with van der Waals surface area (Å²) in [6, 6.07) is 6.54. The van der Waals surface area contributed by atoms with Gasteiger partial charge in [-0.2, -0.15) is 0 Å². The Morgan fingerprint density at radius 3 is 2.71 bits per heavy atom. The van der Waals surface area contributed by atoms with Crippen LogP contribution in [0.4, 0.5) is 0 Å². The summed E-state index contributed by atoms with van der Waals surface area (Å²) in [5.74, 6) is 0. The predicted octanol–water partition coefficient (Wildman–Crippen LogP) is 4.15. The van der Waals surface area contributed by atoms with Crippen LogP contribution in [0.3, 0.4) is 0 Å². The lowest BCUT2D eigenvalue weighted by molar-refractivity contribution is 1.11. The van der Waals surface area contributed by atoms with Crippen molar-refractivity contribution >= 4 is 5.57 Å². The third kappa shape index (κ3) is 2.35. The summed E-state index contributed by atoms with van der Waals surface area (Å²) in [5.41, 5.74) is 5.09. The molecule has 1 aromatic rings. The average Bonchev–Trinajstić information content (AvgIpc) is 2.19. The second-order valence-electron chi connectivity index (χ2n) is 3.52. The number of aryl methyl sites for hydroxylation is 2. The fourth-order valence-corrected chi connectivity index (χ4v) is 1.55. The van der Waals surface area contributed by atoms with Crippen molar-refractivity contribution in [1.29, 1.82) is 0 Å². The van der Waals surface area contributed by atoms with Gasteiger partial charge in [-0.15, -0.1) is 0 Å². The first-order chi connectivity index (χ1) is 6.69. The van der Waals surface area contributed by atoms with Gasteiger partial charge in [-0.05, 0) is 42.5 Å². The maximum atomic E-state index is 4.03. The lowest BCUT2D eigenvalue weighted by Crippen LogP contribution is -1.89. The molecular formula is C14H18. The Labute approximate surface area is 87.0 Å². The maximum Gasteiger partial charge on any atom is -0.0187 e. The van der Waals surface area contributed by atoms with Gasteiger partial charge in [0.05, 0.1) is 0 Å². The van der Waals surface area contributed by atoms with E-state index in [4.69, 9.17) is 0 Å². The Morgan fingerprint density at radius 2 is 2.14 bits per heavy atom. The molecule has 1 aromatic carbocycles. The molecule has 0 heterocycles. The summed E-state index contributed by atoms with van der Waals surface area (Å²) in [5, 5.41) is 0. The van der Waals surface area contributed by atoms with Crippen molar-refractivity contribution in [3.63, 3.8) is 0 Å². The van der Waals surface area contributed by atoms with Gasteiger partial charge in [-0.25, -0.2) is 0 Å². The third-order valence-corrected chi connectivity index (χ3v) is 2.47. The number of hydrogen-bond acceptors (Lipinski definition) is 0. The minimum absolute atomic E-state index is 1.09. The molecule has 0 nitrogen and oxygen atoms in total. The van der Waals surface area contributed by atoms with E-state index >= 15 is 0 Å². The van der Waals surface area contributed by atoms with Crippen LogP contribution in [0.1, 0.15) is 30.5 Å². The van der Waals surface area contributed by atoms with Crippen molar-refractivity contribution in [2.45, 2.75) is 27.2 Å². The SMILES string of the molecule is C=C(/C=C\C)c1ccc(C)c(CC)c1. The van der Waals surface area contributed by atoms with Crippen LogP contribution in [0.2, 0.25) is 0 Å². The van der Waals surface area contributed by atoms with Gasteiger partial charge in [0.1, 0.15) is 0 Å². The highest BCUT2D eigenvalue weighted by molar-refractivity contribution is 5.72. The van der Waals surface area contributed by atoms with Crippen LogP contribution in [0.5, 0.6) is 0 Å². The summed E-state index contributed by atoms with van der Waals surface area (Å²) >= 11 is 0. The molecule has 0 aliphatic rings. The van der Waals surface area contributed by atoms with Gasteiger partial charge in [-0.1, -0.05) is 43.9 Å². The number of rotatable bonds is 3. The molecule has 14 heavy (non-hydrogen) atoms. The molecule has 0 aliphatic carbocycles. The van der Waals surface area contributed by atoms with Crippen molar-refractivity contribution in [2.24, 2.45) is 0 Å². The summed E-state index contributed by atoms with van der Waals surface area (Å²) in [6.45, 7) is 10.4. The number of allylic oxidation sites excluding steroid dienone is 3. The van der Waals surface area contributed by atoms with Gasteiger partial charge in [0.2, 0.25) is 0 Å². The lowest BCUT2D eigenvalue weighted by Gasteiger charge is -2.06. The monoisotopic (exact) mass is 186 g/mol. The van der Waals surface area contributed by atoms with E-state index in [1.807, 2.05) is 19.1 Å². The molecule has 0 heteroatoms. The van der Waals surface area contributed by atoms with Crippen LogP contribution >= 0.6 is 0 Å². The van der Waals surface area contributed by atoms with E-state index in [2.05, 4.69) is 38.6 Å². The van der Waals surface area contributed by atoms with Gasteiger partial charge in [0.15, 0.2) is 0 Å². The van der Waals surface area contributed by atoms with E-state index in [9.17, 15) is 0 Å². The van der Waals surface area contributed by atoms with E-state index in [0.29, 0.717) is 0 Å². The minimum atomic E-state index is 1.09. The zero-order chi connectivity index (χ0) is 10.6. The first-order valence-corrected chi connectivity index (χ1v) is 5.10. The van der Waals surface area contributed by atoms with Crippen molar-refractivity contribution in [1.82, 2.24) is 0 Å². The van der Waals surface area contributed by atoms with Gasteiger partial charge < -0.3 is 0 Å². The van der Waals surface area contributed by atoms with E-state index in [-0.39, 0.29) is 0 Å². The Morgan fingerprint density at radius 1 is 1.43 bits per heavy atom. The van der Waals surface area contributed by atoms with Gasteiger partial charge in [-0.3, -0.25) is 0 Å². The first kappa shape index (κ1) is 10.8. The van der Waals surface area contributed by atoms with E-state index in [1.165, 1.54) is 16.7 Å². The molecule has 0 fully saturated rings. The summed E-state index contributed by atoms with van der Waals surface area (Å²) < 4.78 is 0. The lowest BCUT2D eigenvalue weighted by atomic mass is 9.99. The highest BCUT2D eigenvalue weighted by atomic mass is 14.0. The molecule has 0 unspecified atom stereocenters. The normalized spacial score (nSPS) is 10.8. The smallest absolute Gasteiger partial charge is 0.0187 e. The largest absolute Gasteiger partial charge is 0.0912 e. The third-order valence-electron chi connectivity index (χ3n) is 2.47. The summed E-state index contributed by atoms with van der Waals surface area (Å²) in [4.78, 5) is 0. The van der Waals surface area contributed by atoms with Crippen LogP contribution in [0.15, 0.2) is 36.9 Å². The second kappa shape index (κ2) is 4.80. The molecule has 1 rings (SSSR count).